The Hall–Kier alpha value is -0.600. The first-order valence-electron chi connectivity index (χ1n) is 5.45. The smallest absolute Gasteiger partial charge is 0.0812 e. The monoisotopic (exact) mass is 194 g/mol. The van der Waals surface area contributed by atoms with Crippen molar-refractivity contribution in [2.24, 2.45) is 0 Å². The summed E-state index contributed by atoms with van der Waals surface area (Å²) in [6.07, 6.45) is 10.6. The Morgan fingerprint density at radius 1 is 1.21 bits per heavy atom. The fraction of sp³-hybridized carbons (Fsp3) is 0.667. The molecule has 1 atom stereocenters. The lowest BCUT2D eigenvalue weighted by Gasteiger charge is -2.36. The zero-order valence-corrected chi connectivity index (χ0v) is 9.45. The molecule has 2 heteroatoms. The van der Waals surface area contributed by atoms with Gasteiger partial charge in [-0.05, 0) is 40.0 Å². The number of piperidine rings is 1. The summed E-state index contributed by atoms with van der Waals surface area (Å²) < 4.78 is 0. The number of hydrogen-bond donors (Lipinski definition) is 0. The van der Waals surface area contributed by atoms with E-state index < -0.39 is 0 Å². The number of nitrogens with zero attached hydrogens (tertiary/aromatic N) is 2. The molecule has 1 fully saturated rings. The topological polar surface area (TPSA) is 6.48 Å². The van der Waals surface area contributed by atoms with Crippen molar-refractivity contribution < 1.29 is 0 Å². The van der Waals surface area contributed by atoms with Crippen molar-refractivity contribution >= 4 is 0 Å². The molecule has 0 saturated carbocycles. The van der Waals surface area contributed by atoms with E-state index in [1.165, 1.54) is 32.4 Å². The fourth-order valence-corrected chi connectivity index (χ4v) is 1.98. The van der Waals surface area contributed by atoms with E-state index in [2.05, 4.69) is 36.6 Å². The van der Waals surface area contributed by atoms with Crippen molar-refractivity contribution in [3.8, 4) is 0 Å². The van der Waals surface area contributed by atoms with E-state index in [1.54, 1.807) is 0 Å². The first kappa shape index (κ1) is 11.5. The first-order valence-corrected chi connectivity index (χ1v) is 5.45. The van der Waals surface area contributed by atoms with E-state index in [0.717, 1.165) is 0 Å². The van der Waals surface area contributed by atoms with Crippen LogP contribution in [0.5, 0.6) is 0 Å². The van der Waals surface area contributed by atoms with Crippen molar-refractivity contribution in [1.82, 2.24) is 9.80 Å². The first-order chi connectivity index (χ1) is 6.75. The van der Waals surface area contributed by atoms with Gasteiger partial charge in [-0.15, -0.1) is 0 Å². The van der Waals surface area contributed by atoms with Gasteiger partial charge in [-0.1, -0.05) is 31.2 Å². The molecule has 0 aromatic heterocycles. The number of likely N-dealkylation sites (tertiary alicyclic amines) is 1. The van der Waals surface area contributed by atoms with Crippen LogP contribution >= 0.6 is 0 Å². The van der Waals surface area contributed by atoms with E-state index in [0.29, 0.717) is 6.17 Å². The molecule has 1 saturated heterocycles. The van der Waals surface area contributed by atoms with Crippen LogP contribution in [0, 0.1) is 0 Å². The Balaban J connectivity index is 2.55. The van der Waals surface area contributed by atoms with Gasteiger partial charge in [0.1, 0.15) is 0 Å². The van der Waals surface area contributed by atoms with Gasteiger partial charge in [0.2, 0.25) is 0 Å². The SMILES string of the molecule is C=C/C=C\C(N(C)C)N1CCCCC1. The third-order valence-electron chi connectivity index (χ3n) is 2.71. The second-order valence-electron chi connectivity index (χ2n) is 4.09. The van der Waals surface area contributed by atoms with Crippen LogP contribution in [0.4, 0.5) is 0 Å². The van der Waals surface area contributed by atoms with Gasteiger partial charge in [-0.2, -0.15) is 0 Å². The number of likely N-dealkylation sites (N-methyl/N-ethyl adjacent to an activating group) is 1. The molecule has 1 aliphatic heterocycles. The highest BCUT2D eigenvalue weighted by Crippen LogP contribution is 2.14. The molecule has 0 aromatic rings. The molecule has 1 aliphatic rings. The minimum Gasteiger partial charge on any atom is -0.291 e. The number of allylic oxidation sites excluding steroid dienone is 2. The van der Waals surface area contributed by atoms with E-state index in [-0.39, 0.29) is 0 Å². The standard InChI is InChI=1S/C12H22N2/c1-4-5-9-12(13(2)3)14-10-7-6-8-11-14/h4-5,9,12H,1,6-8,10-11H2,2-3H3/b9-5-. The lowest BCUT2D eigenvalue weighted by molar-refractivity contribution is 0.0957. The molecular weight excluding hydrogens is 172 g/mol. The molecule has 1 rings (SSSR count). The molecule has 1 heterocycles. The summed E-state index contributed by atoms with van der Waals surface area (Å²) >= 11 is 0. The lowest BCUT2D eigenvalue weighted by Crippen LogP contribution is -2.46. The molecule has 0 amide bonds. The van der Waals surface area contributed by atoms with Crippen LogP contribution < -0.4 is 0 Å². The van der Waals surface area contributed by atoms with Gasteiger partial charge in [0.15, 0.2) is 0 Å². The highest BCUT2D eigenvalue weighted by Gasteiger charge is 2.19. The van der Waals surface area contributed by atoms with Gasteiger partial charge < -0.3 is 0 Å². The van der Waals surface area contributed by atoms with Gasteiger partial charge in [-0.25, -0.2) is 0 Å². The number of rotatable bonds is 4. The molecule has 2 nitrogen and oxygen atoms in total. The van der Waals surface area contributed by atoms with Crippen molar-refractivity contribution in [3.63, 3.8) is 0 Å². The van der Waals surface area contributed by atoms with Crippen LogP contribution in [0.1, 0.15) is 19.3 Å². The van der Waals surface area contributed by atoms with Crippen LogP contribution in [0.2, 0.25) is 0 Å². The average molecular weight is 194 g/mol. The summed E-state index contributed by atoms with van der Waals surface area (Å²) in [4.78, 5) is 4.79. The Morgan fingerprint density at radius 3 is 2.36 bits per heavy atom. The van der Waals surface area contributed by atoms with E-state index in [4.69, 9.17) is 0 Å². The maximum Gasteiger partial charge on any atom is 0.0812 e. The summed E-state index contributed by atoms with van der Waals surface area (Å²) in [6.45, 7) is 6.17. The van der Waals surface area contributed by atoms with Crippen molar-refractivity contribution in [2.45, 2.75) is 25.4 Å². The molecule has 0 N–H and O–H groups in total. The fourth-order valence-electron chi connectivity index (χ4n) is 1.98. The van der Waals surface area contributed by atoms with Crippen LogP contribution in [-0.2, 0) is 0 Å². The third-order valence-corrected chi connectivity index (χ3v) is 2.71. The van der Waals surface area contributed by atoms with E-state index >= 15 is 0 Å². The number of hydrogen-bond acceptors (Lipinski definition) is 2. The van der Waals surface area contributed by atoms with Crippen LogP contribution in [0.15, 0.2) is 24.8 Å². The largest absolute Gasteiger partial charge is 0.291 e. The zero-order valence-electron chi connectivity index (χ0n) is 9.45. The van der Waals surface area contributed by atoms with Gasteiger partial charge >= 0.3 is 0 Å². The second-order valence-corrected chi connectivity index (χ2v) is 4.09. The highest BCUT2D eigenvalue weighted by atomic mass is 15.3. The maximum atomic E-state index is 3.71. The summed E-state index contributed by atoms with van der Waals surface area (Å²) in [7, 11) is 4.26. The second kappa shape index (κ2) is 5.99. The Kier molecular flexibility index (Phi) is 4.91. The summed E-state index contributed by atoms with van der Waals surface area (Å²) in [5.74, 6) is 0. The molecule has 80 valence electrons. The Labute approximate surface area is 87.9 Å². The average Bonchev–Trinajstić information content (AvgIpc) is 2.19. The lowest BCUT2D eigenvalue weighted by atomic mass is 10.1. The molecule has 0 aliphatic carbocycles. The Bertz CT molecular complexity index is 190. The quantitative estimate of drug-likeness (QED) is 0.632. The van der Waals surface area contributed by atoms with Crippen LogP contribution in [-0.4, -0.2) is 43.2 Å². The zero-order chi connectivity index (χ0) is 10.4. The maximum absolute atomic E-state index is 3.71. The molecule has 0 radical (unpaired) electrons. The van der Waals surface area contributed by atoms with Crippen molar-refractivity contribution in [2.75, 3.05) is 27.2 Å². The minimum absolute atomic E-state index is 0.438. The van der Waals surface area contributed by atoms with Crippen molar-refractivity contribution in [3.05, 3.63) is 24.8 Å². The van der Waals surface area contributed by atoms with E-state index in [1.807, 2.05) is 12.2 Å². The normalized spacial score (nSPS) is 21.6. The van der Waals surface area contributed by atoms with Gasteiger partial charge in [0, 0.05) is 0 Å². The van der Waals surface area contributed by atoms with Crippen LogP contribution in [0.3, 0.4) is 0 Å². The summed E-state index contributed by atoms with van der Waals surface area (Å²) in [5, 5.41) is 0. The predicted molar refractivity (Wildman–Crippen MR) is 62.2 cm³/mol. The van der Waals surface area contributed by atoms with Crippen LogP contribution in [0.25, 0.3) is 0 Å². The molecule has 0 bridgehead atoms. The molecular formula is C12H22N2. The molecule has 14 heavy (non-hydrogen) atoms. The highest BCUT2D eigenvalue weighted by molar-refractivity contribution is 5.02. The summed E-state index contributed by atoms with van der Waals surface area (Å²) in [6, 6.07) is 0. The van der Waals surface area contributed by atoms with E-state index in [9.17, 15) is 0 Å². The minimum atomic E-state index is 0.438. The molecule has 0 spiro atoms. The third kappa shape index (κ3) is 3.28. The summed E-state index contributed by atoms with van der Waals surface area (Å²) in [5.41, 5.74) is 0. The van der Waals surface area contributed by atoms with Gasteiger partial charge in [0.25, 0.3) is 0 Å². The van der Waals surface area contributed by atoms with Gasteiger partial charge in [0.05, 0.1) is 6.17 Å². The Morgan fingerprint density at radius 2 is 1.86 bits per heavy atom. The molecule has 0 aromatic carbocycles. The van der Waals surface area contributed by atoms with Gasteiger partial charge in [-0.3, -0.25) is 9.80 Å². The predicted octanol–water partition coefficient (Wildman–Crippen LogP) is 2.10. The van der Waals surface area contributed by atoms with Crippen molar-refractivity contribution in [1.29, 1.82) is 0 Å². The molecule has 1 unspecified atom stereocenters.